The van der Waals surface area contributed by atoms with Crippen LogP contribution in [-0.2, 0) is 31.8 Å². The Bertz CT molecular complexity index is 2270. The first-order valence-corrected chi connectivity index (χ1v) is 21.1. The van der Waals surface area contributed by atoms with Gasteiger partial charge in [0.15, 0.2) is 5.11 Å². The molecule has 322 valence electrons. The van der Waals surface area contributed by atoms with Crippen LogP contribution in [0.2, 0.25) is 0 Å². The molecule has 3 saturated heterocycles. The monoisotopic (exact) mass is 861 g/mol. The quantitative estimate of drug-likeness (QED) is 0.0900. The third-order valence-corrected chi connectivity index (χ3v) is 12.7. The Morgan fingerprint density at radius 3 is 2.41 bits per heavy atom. The Kier molecular flexibility index (Phi) is 12.7. The highest BCUT2D eigenvalue weighted by Crippen LogP contribution is 2.49. The first-order chi connectivity index (χ1) is 29.2. The summed E-state index contributed by atoms with van der Waals surface area (Å²) in [4.78, 5) is 56.2. The molecule has 7 rings (SSSR count). The number of aryl methyl sites for hydroxylation is 1. The van der Waals surface area contributed by atoms with Gasteiger partial charge in [-0.15, -0.1) is 0 Å². The molecule has 3 heterocycles. The van der Waals surface area contributed by atoms with E-state index in [4.69, 9.17) is 17.0 Å². The fourth-order valence-electron chi connectivity index (χ4n) is 8.79. The van der Waals surface area contributed by atoms with Gasteiger partial charge in [0.25, 0.3) is 5.91 Å². The number of hydrogen-bond donors (Lipinski definition) is 3. The van der Waals surface area contributed by atoms with E-state index in [1.807, 2.05) is 32.0 Å². The van der Waals surface area contributed by atoms with Gasteiger partial charge >= 0.3 is 6.18 Å². The Labute approximate surface area is 356 Å². The molecule has 0 aromatic heterocycles. The topological polar surface area (TPSA) is 147 Å². The molecular formula is C44H47F4N7O5S. The maximum atomic E-state index is 14.8. The van der Waals surface area contributed by atoms with Gasteiger partial charge in [-0.2, -0.15) is 18.4 Å². The summed E-state index contributed by atoms with van der Waals surface area (Å²) in [6.07, 6.45) is 1.06. The van der Waals surface area contributed by atoms with E-state index in [2.05, 4.69) is 20.9 Å². The summed E-state index contributed by atoms with van der Waals surface area (Å²) in [5, 5.41) is 17.4. The molecule has 1 aliphatic carbocycles. The largest absolute Gasteiger partial charge is 0.493 e. The van der Waals surface area contributed by atoms with Crippen molar-refractivity contribution in [1.29, 1.82) is 5.26 Å². The number of hydrogen-bond acceptors (Lipinski definition) is 9. The van der Waals surface area contributed by atoms with Crippen molar-refractivity contribution >= 4 is 63.7 Å². The molecular weight excluding hydrogens is 815 g/mol. The standard InChI is InChI=1S/C44H47F4N7O5S/c1-3-27-22-31(55-42(61)54(41(59)43(55)17-5-18-43)30-8-6-28(25-49)32(24-30)44(46,47)48)9-12-37(27)60-21-16-26-14-19-53(20-15-26)36(4-2)40(58)51-35-23-29(7-10-33(35)45)50-34-11-13-38(56)52-39(34)57/h6-10,12,22-24,26,34,36,50H,3-5,11,13-21H2,1-2H3,(H,51,58)(H,52,56,57)/t34?,36-/m1/s1. The second-order valence-corrected chi connectivity index (χ2v) is 16.4. The molecule has 3 N–H and O–H groups in total. The van der Waals surface area contributed by atoms with Crippen LogP contribution in [0.5, 0.6) is 5.75 Å². The first-order valence-electron chi connectivity index (χ1n) is 20.7. The second-order valence-electron chi connectivity index (χ2n) is 16.0. The first kappa shape index (κ1) is 43.5. The molecule has 2 atom stereocenters. The number of carbonyl (C=O) groups excluding carboxylic acids is 4. The minimum absolute atomic E-state index is 0.000497. The van der Waals surface area contributed by atoms with Crippen molar-refractivity contribution in [3.05, 3.63) is 77.1 Å². The van der Waals surface area contributed by atoms with Crippen molar-refractivity contribution in [2.24, 2.45) is 5.92 Å². The van der Waals surface area contributed by atoms with Gasteiger partial charge in [0.1, 0.15) is 23.1 Å². The van der Waals surface area contributed by atoms with Gasteiger partial charge in [0, 0.05) is 17.8 Å². The Morgan fingerprint density at radius 1 is 1.03 bits per heavy atom. The molecule has 4 fully saturated rings. The van der Waals surface area contributed by atoms with Crippen LogP contribution in [0.15, 0.2) is 54.6 Å². The molecule has 17 heteroatoms. The molecule has 4 aliphatic rings. The van der Waals surface area contributed by atoms with Crippen LogP contribution in [0, 0.1) is 23.1 Å². The summed E-state index contributed by atoms with van der Waals surface area (Å²) >= 11 is 5.81. The number of thiocarbonyl (C=S) groups is 1. The fraction of sp³-hybridized carbons (Fsp3) is 0.455. The average Bonchev–Trinajstić information content (AvgIpc) is 3.46. The van der Waals surface area contributed by atoms with Crippen molar-refractivity contribution < 1.29 is 41.5 Å². The summed E-state index contributed by atoms with van der Waals surface area (Å²) in [6, 6.07) is 13.4. The zero-order valence-electron chi connectivity index (χ0n) is 33.9. The lowest BCUT2D eigenvalue weighted by Gasteiger charge is -2.43. The van der Waals surface area contributed by atoms with Crippen molar-refractivity contribution in [2.45, 2.75) is 102 Å². The van der Waals surface area contributed by atoms with Crippen LogP contribution in [0.3, 0.4) is 0 Å². The maximum absolute atomic E-state index is 14.8. The molecule has 61 heavy (non-hydrogen) atoms. The zero-order valence-corrected chi connectivity index (χ0v) is 34.7. The van der Waals surface area contributed by atoms with Crippen LogP contribution in [0.1, 0.15) is 88.3 Å². The van der Waals surface area contributed by atoms with Crippen molar-refractivity contribution in [3.63, 3.8) is 0 Å². The number of rotatable bonds is 13. The summed E-state index contributed by atoms with van der Waals surface area (Å²) in [6.45, 7) is 5.71. The summed E-state index contributed by atoms with van der Waals surface area (Å²) in [5.41, 5.74) is -0.734. The lowest BCUT2D eigenvalue weighted by Crippen LogP contribution is -2.55. The van der Waals surface area contributed by atoms with E-state index in [1.165, 1.54) is 24.3 Å². The summed E-state index contributed by atoms with van der Waals surface area (Å²) in [5.74, 6) is -1.07. The number of nitriles is 1. The lowest BCUT2D eigenvalue weighted by molar-refractivity contribution is -0.138. The summed E-state index contributed by atoms with van der Waals surface area (Å²) < 4.78 is 62.7. The molecule has 0 radical (unpaired) electrons. The normalized spacial score (nSPS) is 20.0. The number of benzene rings is 3. The Hall–Kier alpha value is -5.60. The number of piperidine rings is 2. The van der Waals surface area contributed by atoms with Crippen LogP contribution < -0.4 is 30.5 Å². The molecule has 4 amide bonds. The third kappa shape index (κ3) is 8.78. The van der Waals surface area contributed by atoms with E-state index in [1.54, 1.807) is 11.0 Å². The molecule has 1 spiro atoms. The molecule has 1 unspecified atom stereocenters. The number of imide groups is 1. The Balaban J connectivity index is 0.941. The van der Waals surface area contributed by atoms with E-state index in [-0.39, 0.29) is 34.7 Å². The highest BCUT2D eigenvalue weighted by molar-refractivity contribution is 7.81. The van der Waals surface area contributed by atoms with Crippen molar-refractivity contribution in [1.82, 2.24) is 10.2 Å². The predicted octanol–water partition coefficient (Wildman–Crippen LogP) is 7.45. The smallest absolute Gasteiger partial charge is 0.417 e. The van der Waals surface area contributed by atoms with Crippen molar-refractivity contribution in [2.75, 3.05) is 40.1 Å². The second kappa shape index (κ2) is 17.8. The van der Waals surface area contributed by atoms with E-state index in [9.17, 15) is 42.0 Å². The zero-order chi connectivity index (χ0) is 43.6. The number of carbonyl (C=O) groups is 4. The van der Waals surface area contributed by atoms with E-state index in [0.717, 1.165) is 48.3 Å². The molecule has 3 aromatic rings. The summed E-state index contributed by atoms with van der Waals surface area (Å²) in [7, 11) is 0. The van der Waals surface area contributed by atoms with Gasteiger partial charge in [0.05, 0.1) is 41.2 Å². The van der Waals surface area contributed by atoms with Gasteiger partial charge in [-0.25, -0.2) is 4.39 Å². The van der Waals surface area contributed by atoms with Crippen LogP contribution in [0.25, 0.3) is 0 Å². The lowest BCUT2D eigenvalue weighted by atomic mass is 9.75. The van der Waals surface area contributed by atoms with Gasteiger partial charge in [-0.3, -0.25) is 34.3 Å². The Morgan fingerprint density at radius 2 is 1.77 bits per heavy atom. The van der Waals surface area contributed by atoms with E-state index >= 15 is 0 Å². The highest BCUT2D eigenvalue weighted by atomic mass is 32.1. The number of ether oxygens (including phenoxy) is 1. The van der Waals surface area contributed by atoms with Gasteiger partial charge in [0.2, 0.25) is 17.7 Å². The number of amides is 4. The molecule has 12 nitrogen and oxygen atoms in total. The molecule has 0 bridgehead atoms. The SMILES string of the molecule is CCc1cc(N2C(=S)N(c3ccc(C#N)c(C(F)(F)F)c3)C(=O)C23CCC3)ccc1OCCC1CCN([C@H](CC)C(=O)Nc2cc(NC3CCC(=O)NC3=O)ccc2F)CC1. The van der Waals surface area contributed by atoms with Crippen molar-refractivity contribution in [3.8, 4) is 11.8 Å². The van der Waals surface area contributed by atoms with Crippen LogP contribution >= 0.6 is 12.2 Å². The number of anilines is 4. The highest BCUT2D eigenvalue weighted by Gasteiger charge is 2.59. The maximum Gasteiger partial charge on any atom is 0.417 e. The van der Waals surface area contributed by atoms with Crippen LogP contribution in [-0.4, -0.2) is 71.0 Å². The predicted molar refractivity (Wildman–Crippen MR) is 224 cm³/mol. The number of nitrogens with zero attached hydrogens (tertiary/aromatic N) is 4. The van der Waals surface area contributed by atoms with Gasteiger partial charge in [-0.05, 0) is 149 Å². The van der Waals surface area contributed by atoms with Crippen LogP contribution in [0.4, 0.5) is 40.3 Å². The number of nitrogens with one attached hydrogen (secondary N) is 3. The third-order valence-electron chi connectivity index (χ3n) is 12.3. The van der Waals surface area contributed by atoms with Gasteiger partial charge < -0.3 is 20.3 Å². The number of likely N-dealkylation sites (tertiary alicyclic amines) is 1. The van der Waals surface area contributed by atoms with Gasteiger partial charge in [-0.1, -0.05) is 13.8 Å². The minimum atomic E-state index is -4.79. The van der Waals surface area contributed by atoms with E-state index in [0.29, 0.717) is 74.8 Å². The minimum Gasteiger partial charge on any atom is -0.493 e. The average molecular weight is 862 g/mol. The molecule has 1 saturated carbocycles. The molecule has 3 aromatic carbocycles. The fourth-order valence-corrected chi connectivity index (χ4v) is 9.26. The molecule has 3 aliphatic heterocycles. The van der Waals surface area contributed by atoms with E-state index < -0.39 is 52.6 Å². The number of alkyl halides is 3. The number of halogens is 4.